The van der Waals surface area contributed by atoms with Gasteiger partial charge in [-0.25, -0.2) is 4.79 Å². The van der Waals surface area contributed by atoms with Crippen molar-refractivity contribution in [3.05, 3.63) is 65.7 Å². The number of aliphatic hydroxyl groups excluding tert-OH is 1. The molecule has 4 N–H and O–H groups in total. The van der Waals surface area contributed by atoms with Crippen molar-refractivity contribution in [3.8, 4) is 0 Å². The molecule has 32 heavy (non-hydrogen) atoms. The van der Waals surface area contributed by atoms with Crippen molar-refractivity contribution < 1.29 is 14.7 Å². The number of rotatable bonds is 7. The third-order valence-corrected chi connectivity index (χ3v) is 6.11. The lowest BCUT2D eigenvalue weighted by Gasteiger charge is -2.39. The average Bonchev–Trinajstić information content (AvgIpc) is 3.20. The van der Waals surface area contributed by atoms with Crippen LogP contribution in [-0.2, 0) is 15.7 Å². The topological polar surface area (TPSA) is 93.7 Å². The molecule has 0 bridgehead atoms. The van der Waals surface area contributed by atoms with Crippen molar-refractivity contribution in [1.82, 2.24) is 16.0 Å². The van der Waals surface area contributed by atoms with Crippen LogP contribution in [0.5, 0.6) is 0 Å². The Hall–Kier alpha value is -3.06. The van der Waals surface area contributed by atoms with Gasteiger partial charge >= 0.3 is 6.03 Å². The van der Waals surface area contributed by atoms with E-state index in [1.54, 1.807) is 0 Å². The molecule has 2 aromatic carbocycles. The zero-order valence-electron chi connectivity index (χ0n) is 19.5. The third kappa shape index (κ3) is 5.22. The summed E-state index contributed by atoms with van der Waals surface area (Å²) in [5, 5.41) is 19.6. The number of nitrogens with zero attached hydrogens (tertiary/aromatic N) is 1. The van der Waals surface area contributed by atoms with Crippen LogP contribution < -0.4 is 20.9 Å². The van der Waals surface area contributed by atoms with Gasteiger partial charge in [0.15, 0.2) is 0 Å². The van der Waals surface area contributed by atoms with Crippen molar-refractivity contribution in [1.29, 1.82) is 0 Å². The van der Waals surface area contributed by atoms with Gasteiger partial charge in [0.05, 0.1) is 11.6 Å². The van der Waals surface area contributed by atoms with E-state index >= 15 is 0 Å². The molecule has 2 aromatic rings. The van der Waals surface area contributed by atoms with E-state index in [0.29, 0.717) is 6.54 Å². The smallest absolute Gasteiger partial charge is 0.315 e. The molecule has 0 unspecified atom stereocenters. The van der Waals surface area contributed by atoms with E-state index in [1.165, 1.54) is 5.56 Å². The van der Waals surface area contributed by atoms with E-state index in [9.17, 15) is 14.7 Å². The predicted octanol–water partition coefficient (Wildman–Crippen LogP) is 2.49. The molecule has 0 aromatic heterocycles. The lowest BCUT2D eigenvalue weighted by atomic mass is 9.85. The Balaban J connectivity index is 1.83. The molecule has 1 heterocycles. The van der Waals surface area contributed by atoms with Crippen LogP contribution in [0.25, 0.3) is 0 Å². The Kier molecular flexibility index (Phi) is 6.79. The fraction of sp³-hybridized carbons (Fsp3) is 0.440. The van der Waals surface area contributed by atoms with Crippen LogP contribution in [-0.4, -0.2) is 49.3 Å². The van der Waals surface area contributed by atoms with Gasteiger partial charge in [-0.3, -0.25) is 4.79 Å². The number of nitrogens with one attached hydrogen (secondary N) is 3. The molecule has 0 radical (unpaired) electrons. The van der Waals surface area contributed by atoms with E-state index in [0.717, 1.165) is 11.3 Å². The molecule has 7 nitrogen and oxygen atoms in total. The van der Waals surface area contributed by atoms with Crippen LogP contribution in [0.4, 0.5) is 10.5 Å². The Morgan fingerprint density at radius 3 is 2.38 bits per heavy atom. The summed E-state index contributed by atoms with van der Waals surface area (Å²) in [5.41, 5.74) is 1.95. The average molecular weight is 439 g/mol. The van der Waals surface area contributed by atoms with Crippen LogP contribution in [0.2, 0.25) is 0 Å². The minimum Gasteiger partial charge on any atom is -0.388 e. The van der Waals surface area contributed by atoms with Gasteiger partial charge in [0.25, 0.3) is 0 Å². The fourth-order valence-corrected chi connectivity index (χ4v) is 3.85. The third-order valence-electron chi connectivity index (χ3n) is 6.11. The number of amides is 3. The van der Waals surface area contributed by atoms with Crippen molar-refractivity contribution in [2.24, 2.45) is 0 Å². The molecule has 3 amide bonds. The second kappa shape index (κ2) is 9.20. The maximum Gasteiger partial charge on any atom is 0.315 e. The second-order valence-electron chi connectivity index (χ2n) is 9.66. The standard InChI is InChI=1S/C25H34N4O3/c1-24(2,3)18-12-9-13-19(14-18)29(5)16-21(30)25(4,17-10-7-6-8-11-17)28-22(31)20-15-26-23(32)27-20/h6-14,20-21,30H,15-16H2,1-5H3,(H,28,31)(H2,26,27,32)/t20-,21+,25-/m0/s1. The van der Waals surface area contributed by atoms with Crippen molar-refractivity contribution in [3.63, 3.8) is 0 Å². The van der Waals surface area contributed by atoms with Gasteiger partial charge in [0.1, 0.15) is 6.04 Å². The van der Waals surface area contributed by atoms with Crippen LogP contribution in [0.3, 0.4) is 0 Å². The van der Waals surface area contributed by atoms with Gasteiger partial charge in [-0.15, -0.1) is 0 Å². The molecule has 0 aliphatic carbocycles. The summed E-state index contributed by atoms with van der Waals surface area (Å²) in [5.74, 6) is -0.342. The Labute approximate surface area is 190 Å². The predicted molar refractivity (Wildman–Crippen MR) is 127 cm³/mol. The summed E-state index contributed by atoms with van der Waals surface area (Å²) < 4.78 is 0. The number of anilines is 1. The fourth-order valence-electron chi connectivity index (χ4n) is 3.85. The Bertz CT molecular complexity index is 957. The first-order chi connectivity index (χ1) is 15.0. The van der Waals surface area contributed by atoms with E-state index < -0.39 is 17.7 Å². The molecule has 3 rings (SSSR count). The minimum atomic E-state index is -1.05. The first-order valence-corrected chi connectivity index (χ1v) is 10.9. The minimum absolute atomic E-state index is 0.0156. The molecule has 3 atom stereocenters. The Morgan fingerprint density at radius 1 is 1.12 bits per heavy atom. The van der Waals surface area contributed by atoms with Gasteiger partial charge < -0.3 is 26.0 Å². The van der Waals surface area contributed by atoms with Gasteiger partial charge in [-0.1, -0.05) is 63.2 Å². The number of urea groups is 1. The quantitative estimate of drug-likeness (QED) is 0.534. The molecule has 1 fully saturated rings. The van der Waals surface area contributed by atoms with Crippen molar-refractivity contribution in [2.45, 2.75) is 50.8 Å². The normalized spacial score (nSPS) is 18.8. The van der Waals surface area contributed by atoms with Gasteiger partial charge in [-0.2, -0.15) is 0 Å². The van der Waals surface area contributed by atoms with Crippen LogP contribution in [0, 0.1) is 0 Å². The number of hydrogen-bond donors (Lipinski definition) is 4. The van der Waals surface area contributed by atoms with E-state index in [4.69, 9.17) is 0 Å². The van der Waals surface area contributed by atoms with E-state index in [-0.39, 0.29) is 23.9 Å². The summed E-state index contributed by atoms with van der Waals surface area (Å²) >= 11 is 0. The van der Waals surface area contributed by atoms with E-state index in [2.05, 4.69) is 48.9 Å². The largest absolute Gasteiger partial charge is 0.388 e. The van der Waals surface area contributed by atoms with Gasteiger partial charge in [0, 0.05) is 25.8 Å². The van der Waals surface area contributed by atoms with Crippen molar-refractivity contribution >= 4 is 17.6 Å². The maximum atomic E-state index is 12.9. The van der Waals surface area contributed by atoms with E-state index in [1.807, 2.05) is 61.3 Å². The monoisotopic (exact) mass is 438 g/mol. The number of aliphatic hydroxyl groups is 1. The lowest BCUT2D eigenvalue weighted by molar-refractivity contribution is -0.126. The SMILES string of the molecule is CN(C[C@@H](O)[C@@](C)(NC(=O)[C@@H]1CNC(=O)N1)c1ccccc1)c1cccc(C(C)(C)C)c1. The molecule has 1 aliphatic heterocycles. The summed E-state index contributed by atoms with van der Waals surface area (Å²) in [4.78, 5) is 26.4. The van der Waals surface area contributed by atoms with Crippen LogP contribution in [0.15, 0.2) is 54.6 Å². The molecular weight excluding hydrogens is 404 g/mol. The highest BCUT2D eigenvalue weighted by molar-refractivity contribution is 5.90. The zero-order valence-corrected chi connectivity index (χ0v) is 19.5. The summed E-state index contributed by atoms with van der Waals surface area (Å²) in [6.45, 7) is 8.83. The highest BCUT2D eigenvalue weighted by Crippen LogP contribution is 2.29. The molecule has 1 saturated heterocycles. The zero-order chi connectivity index (χ0) is 23.5. The maximum absolute atomic E-state index is 12.9. The highest BCUT2D eigenvalue weighted by atomic mass is 16.3. The number of carbonyl (C=O) groups is 2. The lowest BCUT2D eigenvalue weighted by Crippen LogP contribution is -2.58. The molecule has 172 valence electrons. The number of hydrogen-bond acceptors (Lipinski definition) is 4. The molecule has 0 spiro atoms. The van der Waals surface area contributed by atoms with Crippen molar-refractivity contribution in [2.75, 3.05) is 25.0 Å². The molecule has 1 aliphatic rings. The highest BCUT2D eigenvalue weighted by Gasteiger charge is 2.40. The molecule has 0 saturated carbocycles. The van der Waals surface area contributed by atoms with Gasteiger partial charge in [-0.05, 0) is 35.6 Å². The first-order valence-electron chi connectivity index (χ1n) is 10.9. The van der Waals surface area contributed by atoms with Crippen LogP contribution >= 0.6 is 0 Å². The molecule has 7 heteroatoms. The summed E-state index contributed by atoms with van der Waals surface area (Å²) in [6.07, 6.45) is -0.915. The summed E-state index contributed by atoms with van der Waals surface area (Å²) in [7, 11) is 1.93. The van der Waals surface area contributed by atoms with Gasteiger partial charge in [0.2, 0.25) is 5.91 Å². The van der Waals surface area contributed by atoms with Crippen LogP contribution in [0.1, 0.15) is 38.8 Å². The number of benzene rings is 2. The second-order valence-corrected chi connectivity index (χ2v) is 9.66. The Morgan fingerprint density at radius 2 is 1.78 bits per heavy atom. The number of carbonyl (C=O) groups excluding carboxylic acids is 2. The summed E-state index contributed by atoms with van der Waals surface area (Å²) in [6, 6.07) is 16.6. The molecular formula is C25H34N4O3. The number of likely N-dealkylation sites (N-methyl/N-ethyl adjacent to an activating group) is 1. The first kappa shape index (κ1) is 23.6.